The highest BCUT2D eigenvalue weighted by Crippen LogP contribution is 2.30. The molecular weight excluding hydrogens is 380 g/mol. The molecule has 3 atom stereocenters. The summed E-state index contributed by atoms with van der Waals surface area (Å²) < 4.78 is 34.9. The Morgan fingerprint density at radius 2 is 2.07 bits per heavy atom. The van der Waals surface area contributed by atoms with Crippen LogP contribution in [0.3, 0.4) is 0 Å². The zero-order valence-corrected chi connectivity index (χ0v) is 16.4. The van der Waals surface area contributed by atoms with Crippen LogP contribution in [0.25, 0.3) is 0 Å². The summed E-state index contributed by atoms with van der Waals surface area (Å²) in [6, 6.07) is -2.25. The largest absolute Gasteiger partial charge is 0.418 e. The summed E-state index contributed by atoms with van der Waals surface area (Å²) in [6.45, 7) is 3.92. The molecule has 0 aromatic carbocycles. The van der Waals surface area contributed by atoms with E-state index < -0.39 is 34.4 Å². The summed E-state index contributed by atoms with van der Waals surface area (Å²) in [4.78, 5) is 38.3. The van der Waals surface area contributed by atoms with Gasteiger partial charge >= 0.3 is 16.4 Å². The Balaban J connectivity index is 1.98. The molecule has 154 valence electrons. The second-order valence-corrected chi connectivity index (χ2v) is 7.93. The summed E-state index contributed by atoms with van der Waals surface area (Å²) >= 11 is 0. The van der Waals surface area contributed by atoms with E-state index in [2.05, 4.69) is 9.71 Å². The summed E-state index contributed by atoms with van der Waals surface area (Å²) in [6.07, 6.45) is 3.19. The predicted molar refractivity (Wildman–Crippen MR) is 93.0 cm³/mol. The molecule has 2 aliphatic heterocycles. The number of hydroxylamine groups is 2. The molecule has 2 aliphatic rings. The number of piperidine rings is 1. The number of hydrazine groups is 1. The molecule has 2 heterocycles. The number of nitrogens with zero attached hydrogens (tertiary/aromatic N) is 3. The molecule has 2 saturated heterocycles. The molecule has 0 aromatic rings. The molecule has 2 rings (SSSR count). The van der Waals surface area contributed by atoms with E-state index in [1.165, 1.54) is 11.9 Å². The van der Waals surface area contributed by atoms with Crippen LogP contribution in [-0.4, -0.2) is 71.5 Å². The zero-order valence-electron chi connectivity index (χ0n) is 15.6. The van der Waals surface area contributed by atoms with Crippen molar-refractivity contribution in [3.8, 4) is 0 Å². The molecule has 2 fully saturated rings. The topological polar surface area (TPSA) is 137 Å². The van der Waals surface area contributed by atoms with Crippen molar-refractivity contribution in [3.63, 3.8) is 0 Å². The van der Waals surface area contributed by atoms with E-state index in [-0.39, 0.29) is 24.8 Å². The molecule has 4 amide bonds. The molecule has 0 aliphatic carbocycles. The maximum absolute atomic E-state index is 12.5. The normalized spacial score (nSPS) is 23.3. The summed E-state index contributed by atoms with van der Waals surface area (Å²) in [5.74, 6) is -0.998. The smallest absolute Gasteiger partial charge is 0.309 e. The highest BCUT2D eigenvalue weighted by Gasteiger charge is 2.49. The van der Waals surface area contributed by atoms with Gasteiger partial charge in [0.15, 0.2) is 0 Å². The number of unbranched alkanes of at least 4 members (excludes halogenated alkanes) is 1. The van der Waals surface area contributed by atoms with Crippen LogP contribution in [0.4, 0.5) is 4.79 Å². The van der Waals surface area contributed by atoms with Crippen LogP contribution in [0.5, 0.6) is 0 Å². The van der Waals surface area contributed by atoms with Gasteiger partial charge in [0.1, 0.15) is 6.04 Å². The molecule has 0 spiro atoms. The van der Waals surface area contributed by atoms with Gasteiger partial charge in [-0.25, -0.2) is 4.79 Å². The molecule has 1 unspecified atom stereocenters. The maximum atomic E-state index is 12.5. The molecule has 27 heavy (non-hydrogen) atoms. The Hall–Kier alpha value is -1.92. The highest BCUT2D eigenvalue weighted by atomic mass is 32.3. The first-order valence-corrected chi connectivity index (χ1v) is 10.3. The van der Waals surface area contributed by atoms with Crippen LogP contribution < -0.4 is 5.43 Å². The third-order valence-electron chi connectivity index (χ3n) is 4.82. The zero-order chi connectivity index (χ0) is 20.4. The van der Waals surface area contributed by atoms with Crippen molar-refractivity contribution in [2.75, 3.05) is 13.6 Å². The minimum atomic E-state index is -4.84. The van der Waals surface area contributed by atoms with Crippen molar-refractivity contribution >= 4 is 28.2 Å². The Kier molecular flexibility index (Phi) is 6.65. The Labute approximate surface area is 158 Å². The Morgan fingerprint density at radius 1 is 1.41 bits per heavy atom. The molecule has 2 N–H and O–H groups in total. The van der Waals surface area contributed by atoms with E-state index in [0.717, 1.165) is 17.9 Å². The lowest BCUT2D eigenvalue weighted by molar-refractivity contribution is -0.144. The fourth-order valence-corrected chi connectivity index (χ4v) is 3.75. The number of carbonyl (C=O) groups is 3. The van der Waals surface area contributed by atoms with Gasteiger partial charge in [0, 0.05) is 19.5 Å². The van der Waals surface area contributed by atoms with Crippen molar-refractivity contribution in [1.82, 2.24) is 20.4 Å². The van der Waals surface area contributed by atoms with E-state index in [9.17, 15) is 22.8 Å². The lowest BCUT2D eigenvalue weighted by atomic mass is 10.0. The summed E-state index contributed by atoms with van der Waals surface area (Å²) in [5, 5.41) is 1.70. The van der Waals surface area contributed by atoms with Crippen molar-refractivity contribution in [1.29, 1.82) is 0 Å². The van der Waals surface area contributed by atoms with Crippen LogP contribution in [-0.2, 0) is 24.3 Å². The standard InChI is InChI=1S/C15H26N4O7S/c1-4-5-6-10(2)14(21)17(3)16-13(20)12-8-7-11-9-18(12)15(22)19(11)26-27(23,24)25/h10-12H,4-9H2,1-3H3,(H,16,20)(H,23,24,25)/t10?,11-,12+/m1/s1. The van der Waals surface area contributed by atoms with Crippen LogP contribution in [0.15, 0.2) is 0 Å². The molecule has 0 saturated carbocycles. The second kappa shape index (κ2) is 8.40. The Bertz CT molecular complexity index is 698. The number of nitrogens with one attached hydrogen (secondary N) is 1. The van der Waals surface area contributed by atoms with Crippen molar-refractivity contribution in [3.05, 3.63) is 0 Å². The van der Waals surface area contributed by atoms with Crippen LogP contribution in [0.2, 0.25) is 0 Å². The number of rotatable bonds is 7. The maximum Gasteiger partial charge on any atom is 0.418 e. The molecule has 11 nitrogen and oxygen atoms in total. The summed E-state index contributed by atoms with van der Waals surface area (Å²) in [7, 11) is -3.39. The van der Waals surface area contributed by atoms with E-state index in [0.29, 0.717) is 17.9 Å². The van der Waals surface area contributed by atoms with E-state index in [1.54, 1.807) is 6.92 Å². The van der Waals surface area contributed by atoms with Crippen molar-refractivity contribution in [2.24, 2.45) is 5.92 Å². The number of hydrogen-bond acceptors (Lipinski definition) is 6. The first-order valence-electron chi connectivity index (χ1n) is 8.90. The molecule has 2 bridgehead atoms. The fourth-order valence-electron chi connectivity index (χ4n) is 3.36. The minimum Gasteiger partial charge on any atom is -0.309 e. The number of carbonyl (C=O) groups excluding carboxylic acids is 3. The first-order chi connectivity index (χ1) is 12.5. The molecular formula is C15H26N4O7S. The van der Waals surface area contributed by atoms with E-state index >= 15 is 0 Å². The SMILES string of the molecule is CCCCC(C)C(=O)N(C)NC(=O)[C@@H]1CC[C@@H]2CN1C(=O)N2OS(=O)(=O)O. The van der Waals surface area contributed by atoms with Gasteiger partial charge in [0.25, 0.3) is 5.91 Å². The van der Waals surface area contributed by atoms with Gasteiger partial charge in [-0.2, -0.15) is 13.5 Å². The minimum absolute atomic E-state index is 0.0942. The third-order valence-corrected chi connectivity index (χ3v) is 5.17. The van der Waals surface area contributed by atoms with Gasteiger partial charge < -0.3 is 4.90 Å². The van der Waals surface area contributed by atoms with Crippen LogP contribution in [0, 0.1) is 5.92 Å². The van der Waals surface area contributed by atoms with E-state index in [1.807, 2.05) is 6.92 Å². The summed E-state index contributed by atoms with van der Waals surface area (Å²) in [5.41, 5.74) is 2.50. The van der Waals surface area contributed by atoms with Crippen molar-refractivity contribution in [2.45, 2.75) is 58.0 Å². The van der Waals surface area contributed by atoms with Crippen LogP contribution >= 0.6 is 0 Å². The molecule has 0 radical (unpaired) electrons. The number of amides is 4. The number of fused-ring (bicyclic) bond motifs is 2. The number of hydrogen-bond donors (Lipinski definition) is 2. The lowest BCUT2D eigenvalue weighted by Crippen LogP contribution is -2.55. The number of urea groups is 1. The lowest BCUT2D eigenvalue weighted by Gasteiger charge is -2.31. The molecule has 12 heteroatoms. The first kappa shape index (κ1) is 21.4. The molecule has 0 aromatic heterocycles. The van der Waals surface area contributed by atoms with Gasteiger partial charge in [-0.3, -0.25) is 24.6 Å². The van der Waals surface area contributed by atoms with Gasteiger partial charge in [-0.1, -0.05) is 26.7 Å². The highest BCUT2D eigenvalue weighted by molar-refractivity contribution is 7.80. The average molecular weight is 406 g/mol. The van der Waals surface area contributed by atoms with Crippen molar-refractivity contribution < 1.29 is 31.6 Å². The monoisotopic (exact) mass is 406 g/mol. The van der Waals surface area contributed by atoms with Gasteiger partial charge in [0.2, 0.25) is 5.91 Å². The van der Waals surface area contributed by atoms with Gasteiger partial charge in [-0.15, -0.1) is 4.28 Å². The Morgan fingerprint density at radius 3 is 2.67 bits per heavy atom. The predicted octanol–water partition coefficient (Wildman–Crippen LogP) is 0.305. The van der Waals surface area contributed by atoms with Gasteiger partial charge in [0.05, 0.1) is 6.04 Å². The quantitative estimate of drug-likeness (QED) is 0.458. The third kappa shape index (κ3) is 5.08. The van der Waals surface area contributed by atoms with E-state index in [4.69, 9.17) is 4.55 Å². The fraction of sp³-hybridized carbons (Fsp3) is 0.800. The average Bonchev–Trinajstić information content (AvgIpc) is 2.82. The second-order valence-electron chi connectivity index (χ2n) is 6.93. The van der Waals surface area contributed by atoms with Gasteiger partial charge in [-0.05, 0) is 19.3 Å². The van der Waals surface area contributed by atoms with Crippen LogP contribution in [0.1, 0.15) is 46.0 Å².